The van der Waals surface area contributed by atoms with Gasteiger partial charge in [-0.05, 0) is 59.8 Å². The van der Waals surface area contributed by atoms with Crippen molar-refractivity contribution in [2.45, 2.75) is 70.6 Å². The molecular formula is C22H28NO. The Balaban J connectivity index is 2.28. The molecular weight excluding hydrogens is 294 g/mol. The molecule has 1 radical (unpaired) electrons. The molecule has 0 heterocycles. The van der Waals surface area contributed by atoms with E-state index in [1.807, 2.05) is 0 Å². The molecule has 1 aromatic carbocycles. The van der Waals surface area contributed by atoms with Crippen LogP contribution in [0.15, 0.2) is 29.9 Å². The highest BCUT2D eigenvalue weighted by molar-refractivity contribution is 5.92. The van der Waals surface area contributed by atoms with Gasteiger partial charge in [-0.2, -0.15) is 0 Å². The fraction of sp³-hybridized carbons (Fsp3) is 0.500. The maximum atomic E-state index is 12.5. The van der Waals surface area contributed by atoms with Gasteiger partial charge in [0.15, 0.2) is 0 Å². The van der Waals surface area contributed by atoms with Crippen molar-refractivity contribution in [3.05, 3.63) is 52.1 Å². The molecule has 0 aliphatic heterocycles. The number of nitrogens with one attached hydrogen (secondary N) is 1. The van der Waals surface area contributed by atoms with Crippen molar-refractivity contribution in [3.63, 3.8) is 0 Å². The van der Waals surface area contributed by atoms with Crippen molar-refractivity contribution < 1.29 is 4.79 Å². The van der Waals surface area contributed by atoms with Gasteiger partial charge in [0.2, 0.25) is 0 Å². The van der Waals surface area contributed by atoms with E-state index in [4.69, 9.17) is 5.73 Å². The predicted octanol–water partition coefficient (Wildman–Crippen LogP) is 5.12. The van der Waals surface area contributed by atoms with Crippen LogP contribution in [0.25, 0.3) is 6.08 Å². The van der Waals surface area contributed by atoms with Crippen molar-refractivity contribution in [2.24, 2.45) is 0 Å². The molecule has 0 aromatic heterocycles. The lowest BCUT2D eigenvalue weighted by molar-refractivity contribution is -0.122. The topological polar surface area (TPSA) is 40.9 Å². The minimum Gasteiger partial charge on any atom is -0.272 e. The van der Waals surface area contributed by atoms with E-state index in [2.05, 4.69) is 52.5 Å². The highest BCUT2D eigenvalue weighted by Gasteiger charge is 2.47. The number of allylic oxidation sites excluding steroid dienone is 1. The molecule has 24 heavy (non-hydrogen) atoms. The van der Waals surface area contributed by atoms with E-state index in [1.165, 1.54) is 22.3 Å². The molecule has 1 aromatic rings. The average molecular weight is 322 g/mol. The van der Waals surface area contributed by atoms with Crippen molar-refractivity contribution >= 4 is 12.0 Å². The second-order valence-electron chi connectivity index (χ2n) is 8.37. The van der Waals surface area contributed by atoms with Crippen LogP contribution in [0.4, 0.5) is 0 Å². The number of benzene rings is 1. The Morgan fingerprint density at radius 2 is 2.04 bits per heavy atom. The number of carbonyl (C=O) groups is 1. The van der Waals surface area contributed by atoms with E-state index >= 15 is 0 Å². The largest absolute Gasteiger partial charge is 0.272 e. The molecule has 2 nitrogen and oxygen atoms in total. The summed E-state index contributed by atoms with van der Waals surface area (Å²) >= 11 is 0. The highest BCUT2D eigenvalue weighted by Crippen LogP contribution is 2.49. The SMILES string of the molecule is C=C1CCCC1(C([NH])=O)c1cc(C(C)(C)C)cc2c1CC(CC)=C2. The van der Waals surface area contributed by atoms with Gasteiger partial charge < -0.3 is 0 Å². The Hall–Kier alpha value is -1.83. The van der Waals surface area contributed by atoms with Gasteiger partial charge in [0, 0.05) is 0 Å². The Morgan fingerprint density at radius 3 is 2.54 bits per heavy atom. The van der Waals surface area contributed by atoms with E-state index in [-0.39, 0.29) is 5.41 Å². The van der Waals surface area contributed by atoms with E-state index < -0.39 is 11.3 Å². The van der Waals surface area contributed by atoms with E-state index in [0.29, 0.717) is 0 Å². The summed E-state index contributed by atoms with van der Waals surface area (Å²) in [5, 5.41) is 0. The second kappa shape index (κ2) is 5.61. The van der Waals surface area contributed by atoms with Crippen LogP contribution >= 0.6 is 0 Å². The van der Waals surface area contributed by atoms with Crippen LogP contribution in [0.3, 0.4) is 0 Å². The quantitative estimate of drug-likeness (QED) is 0.712. The third-order valence-corrected chi connectivity index (χ3v) is 5.85. The Labute approximate surface area is 145 Å². The van der Waals surface area contributed by atoms with E-state index in [1.54, 1.807) is 0 Å². The molecule has 127 valence electrons. The lowest BCUT2D eigenvalue weighted by atomic mass is 9.70. The van der Waals surface area contributed by atoms with Crippen LogP contribution in [0, 0.1) is 0 Å². The Morgan fingerprint density at radius 1 is 1.33 bits per heavy atom. The summed E-state index contributed by atoms with van der Waals surface area (Å²) in [5.74, 6) is -0.483. The van der Waals surface area contributed by atoms with Crippen molar-refractivity contribution in [2.75, 3.05) is 0 Å². The van der Waals surface area contributed by atoms with Gasteiger partial charge in [0.1, 0.15) is 0 Å². The number of hydrogen-bond donors (Lipinski definition) is 0. The van der Waals surface area contributed by atoms with E-state index in [0.717, 1.165) is 43.2 Å². The van der Waals surface area contributed by atoms with Gasteiger partial charge in [-0.15, -0.1) is 0 Å². The molecule has 3 rings (SSSR count). The zero-order valence-electron chi connectivity index (χ0n) is 15.4. The van der Waals surface area contributed by atoms with Gasteiger partial charge in [-0.1, -0.05) is 63.6 Å². The zero-order chi connectivity index (χ0) is 17.7. The van der Waals surface area contributed by atoms with E-state index in [9.17, 15) is 4.79 Å². The van der Waals surface area contributed by atoms with Gasteiger partial charge >= 0.3 is 0 Å². The molecule has 1 fully saturated rings. The maximum absolute atomic E-state index is 12.5. The van der Waals surface area contributed by atoms with Crippen LogP contribution in [0.2, 0.25) is 0 Å². The summed E-state index contributed by atoms with van der Waals surface area (Å²) < 4.78 is 0. The maximum Gasteiger partial charge on any atom is 0.253 e. The standard InChI is InChI=1S/C22H28NO/c1-6-15-10-16-12-17(21(3,4)5)13-19(18(16)11-15)22(20(23)24)9-7-8-14(22)2/h10,12-13,23H,2,6-9,11H2,1,3-5H3. The minimum atomic E-state index is -0.789. The first-order valence-corrected chi connectivity index (χ1v) is 9.01. The minimum absolute atomic E-state index is 0.0127. The average Bonchev–Trinajstić information content (AvgIpc) is 3.08. The van der Waals surface area contributed by atoms with Gasteiger partial charge in [-0.25, -0.2) is 0 Å². The molecule has 1 unspecified atom stereocenters. The molecule has 2 heteroatoms. The molecule has 0 saturated heterocycles. The number of rotatable bonds is 3. The molecule has 1 N–H and O–H groups in total. The first-order chi connectivity index (χ1) is 11.2. The fourth-order valence-electron chi connectivity index (χ4n) is 4.24. The first kappa shape index (κ1) is 17.0. The second-order valence-corrected chi connectivity index (χ2v) is 8.37. The molecule has 0 spiro atoms. The molecule has 1 saturated carbocycles. The molecule has 0 bridgehead atoms. The summed E-state index contributed by atoms with van der Waals surface area (Å²) in [4.78, 5) is 12.5. The summed E-state index contributed by atoms with van der Waals surface area (Å²) in [7, 11) is 0. The first-order valence-electron chi connectivity index (χ1n) is 9.01. The number of hydrogen-bond acceptors (Lipinski definition) is 1. The Bertz CT molecular complexity index is 748. The molecule has 1 atom stereocenters. The smallest absolute Gasteiger partial charge is 0.253 e. The lowest BCUT2D eigenvalue weighted by Crippen LogP contribution is -2.36. The summed E-state index contributed by atoms with van der Waals surface area (Å²) in [5.41, 5.74) is 14.4. The molecule has 1 amide bonds. The van der Waals surface area contributed by atoms with Gasteiger partial charge in [0.25, 0.3) is 5.91 Å². The zero-order valence-corrected chi connectivity index (χ0v) is 15.4. The number of fused-ring (bicyclic) bond motifs is 1. The van der Waals surface area contributed by atoms with Crippen LogP contribution < -0.4 is 5.73 Å². The number of amides is 1. The lowest BCUT2D eigenvalue weighted by Gasteiger charge is -2.32. The monoisotopic (exact) mass is 322 g/mol. The van der Waals surface area contributed by atoms with Gasteiger partial charge in [0.05, 0.1) is 5.41 Å². The van der Waals surface area contributed by atoms with Crippen LogP contribution in [0.5, 0.6) is 0 Å². The number of carbonyl (C=O) groups excluding carboxylic acids is 1. The summed E-state index contributed by atoms with van der Waals surface area (Å²) in [6.07, 6.45) is 6.76. The van der Waals surface area contributed by atoms with Crippen LogP contribution in [-0.2, 0) is 22.0 Å². The fourth-order valence-corrected chi connectivity index (χ4v) is 4.24. The Kier molecular flexibility index (Phi) is 3.98. The van der Waals surface area contributed by atoms with Crippen molar-refractivity contribution in [1.82, 2.24) is 5.73 Å². The predicted molar refractivity (Wildman–Crippen MR) is 99.9 cm³/mol. The van der Waals surface area contributed by atoms with Crippen LogP contribution in [0.1, 0.15) is 75.6 Å². The van der Waals surface area contributed by atoms with Gasteiger partial charge in [-0.3, -0.25) is 10.5 Å². The molecule has 2 aliphatic rings. The normalized spacial score (nSPS) is 23.3. The highest BCUT2D eigenvalue weighted by atomic mass is 16.1. The van der Waals surface area contributed by atoms with Crippen LogP contribution in [-0.4, -0.2) is 5.91 Å². The third kappa shape index (κ3) is 2.44. The third-order valence-electron chi connectivity index (χ3n) is 5.85. The molecule has 2 aliphatic carbocycles. The van der Waals surface area contributed by atoms with Crippen molar-refractivity contribution in [3.8, 4) is 0 Å². The van der Waals surface area contributed by atoms with Crippen molar-refractivity contribution in [1.29, 1.82) is 0 Å². The summed E-state index contributed by atoms with van der Waals surface area (Å²) in [6, 6.07) is 4.48. The summed E-state index contributed by atoms with van der Waals surface area (Å²) in [6.45, 7) is 13.0.